The Morgan fingerprint density at radius 3 is 2.19 bits per heavy atom. The van der Waals surface area contributed by atoms with Crippen molar-refractivity contribution in [2.24, 2.45) is 0 Å². The fourth-order valence-electron chi connectivity index (χ4n) is 3.04. The van der Waals surface area contributed by atoms with Gasteiger partial charge in [-0.05, 0) is 62.2 Å². The first kappa shape index (κ1) is 24.6. The van der Waals surface area contributed by atoms with Crippen LogP contribution in [-0.2, 0) is 14.4 Å². The monoisotopic (exact) mass is 488 g/mol. The standard InChI is InChI=1S/C23H29BrN4O3/c1-4-11-28(15-23(31)27-19-8-6-5-7-16(19)2)14-22(30)25-13-21(29)26-20-10-9-18(24)12-17(20)3/h5-10,12H,4,11,13-15H2,1-3H3,(H,25,30)(H,26,29)(H,27,31). The largest absolute Gasteiger partial charge is 0.346 e. The van der Waals surface area contributed by atoms with Gasteiger partial charge in [0.05, 0.1) is 19.6 Å². The molecule has 0 radical (unpaired) electrons. The molecule has 0 aliphatic carbocycles. The highest BCUT2D eigenvalue weighted by molar-refractivity contribution is 9.10. The summed E-state index contributed by atoms with van der Waals surface area (Å²) in [5, 5.41) is 8.28. The minimum atomic E-state index is -0.307. The smallest absolute Gasteiger partial charge is 0.243 e. The van der Waals surface area contributed by atoms with Gasteiger partial charge in [-0.3, -0.25) is 19.3 Å². The predicted molar refractivity (Wildman–Crippen MR) is 127 cm³/mol. The summed E-state index contributed by atoms with van der Waals surface area (Å²) < 4.78 is 0.929. The quantitative estimate of drug-likeness (QED) is 0.477. The lowest BCUT2D eigenvalue weighted by atomic mass is 10.2. The number of hydrogen-bond donors (Lipinski definition) is 3. The molecule has 2 aromatic rings. The summed E-state index contributed by atoms with van der Waals surface area (Å²) in [5.74, 6) is -0.795. The topological polar surface area (TPSA) is 90.5 Å². The van der Waals surface area contributed by atoms with Crippen LogP contribution in [0.2, 0.25) is 0 Å². The number of carbonyl (C=O) groups is 3. The van der Waals surface area contributed by atoms with Crippen LogP contribution in [0.1, 0.15) is 24.5 Å². The van der Waals surface area contributed by atoms with Gasteiger partial charge in [0.1, 0.15) is 0 Å². The van der Waals surface area contributed by atoms with Crippen molar-refractivity contribution in [3.05, 3.63) is 58.1 Å². The Kier molecular flexibility index (Phi) is 9.68. The summed E-state index contributed by atoms with van der Waals surface area (Å²) in [5.41, 5.74) is 3.35. The molecule has 0 fully saturated rings. The summed E-state index contributed by atoms with van der Waals surface area (Å²) >= 11 is 3.38. The zero-order valence-corrected chi connectivity index (χ0v) is 19.7. The first-order valence-corrected chi connectivity index (χ1v) is 11.0. The highest BCUT2D eigenvalue weighted by Crippen LogP contribution is 2.19. The van der Waals surface area contributed by atoms with Crippen LogP contribution in [-0.4, -0.2) is 48.8 Å². The first-order valence-electron chi connectivity index (χ1n) is 10.2. The van der Waals surface area contributed by atoms with E-state index in [1.165, 1.54) is 0 Å². The summed E-state index contributed by atoms with van der Waals surface area (Å²) in [6.45, 7) is 6.40. The Labute approximate surface area is 191 Å². The van der Waals surface area contributed by atoms with Gasteiger partial charge in [-0.2, -0.15) is 0 Å². The molecule has 0 bridgehead atoms. The minimum absolute atomic E-state index is 0.0413. The molecule has 8 heteroatoms. The van der Waals surface area contributed by atoms with E-state index in [9.17, 15) is 14.4 Å². The van der Waals surface area contributed by atoms with Gasteiger partial charge in [-0.15, -0.1) is 0 Å². The van der Waals surface area contributed by atoms with Crippen molar-refractivity contribution >= 4 is 45.0 Å². The number of halogens is 1. The van der Waals surface area contributed by atoms with Crippen LogP contribution in [0.5, 0.6) is 0 Å². The third-order valence-corrected chi connectivity index (χ3v) is 5.10. The van der Waals surface area contributed by atoms with Crippen molar-refractivity contribution in [1.82, 2.24) is 10.2 Å². The molecule has 2 rings (SSSR count). The molecule has 0 atom stereocenters. The number of benzene rings is 2. The van der Waals surface area contributed by atoms with E-state index >= 15 is 0 Å². The number of rotatable bonds is 10. The zero-order valence-electron chi connectivity index (χ0n) is 18.1. The molecular weight excluding hydrogens is 460 g/mol. The number of anilines is 2. The summed E-state index contributed by atoms with van der Waals surface area (Å²) in [7, 11) is 0. The van der Waals surface area contributed by atoms with Crippen LogP contribution >= 0.6 is 15.9 Å². The van der Waals surface area contributed by atoms with Crippen LogP contribution < -0.4 is 16.0 Å². The maximum Gasteiger partial charge on any atom is 0.243 e. The van der Waals surface area contributed by atoms with Crippen LogP contribution in [0.25, 0.3) is 0 Å². The second kappa shape index (κ2) is 12.2. The summed E-state index contributed by atoms with van der Waals surface area (Å²) in [6.07, 6.45) is 0.800. The number of hydrogen-bond acceptors (Lipinski definition) is 4. The van der Waals surface area contributed by atoms with Gasteiger partial charge in [0.15, 0.2) is 0 Å². The normalized spacial score (nSPS) is 10.6. The van der Waals surface area contributed by atoms with Crippen molar-refractivity contribution in [1.29, 1.82) is 0 Å². The van der Waals surface area contributed by atoms with Gasteiger partial charge in [0.25, 0.3) is 0 Å². The van der Waals surface area contributed by atoms with E-state index in [4.69, 9.17) is 0 Å². The lowest BCUT2D eigenvalue weighted by molar-refractivity contribution is -0.125. The molecule has 0 unspecified atom stereocenters. The first-order chi connectivity index (χ1) is 14.8. The van der Waals surface area contributed by atoms with Crippen molar-refractivity contribution in [3.63, 3.8) is 0 Å². The van der Waals surface area contributed by atoms with Gasteiger partial charge in [-0.1, -0.05) is 41.1 Å². The van der Waals surface area contributed by atoms with Gasteiger partial charge in [-0.25, -0.2) is 0 Å². The number of nitrogens with zero attached hydrogens (tertiary/aromatic N) is 1. The van der Waals surface area contributed by atoms with E-state index in [0.29, 0.717) is 12.2 Å². The Hall–Kier alpha value is -2.71. The molecule has 166 valence electrons. The molecule has 0 saturated heterocycles. The molecule has 3 amide bonds. The fraction of sp³-hybridized carbons (Fsp3) is 0.348. The Bertz CT molecular complexity index is 933. The molecule has 3 N–H and O–H groups in total. The third-order valence-electron chi connectivity index (χ3n) is 4.60. The average Bonchev–Trinajstić information content (AvgIpc) is 2.70. The van der Waals surface area contributed by atoms with E-state index in [0.717, 1.165) is 27.7 Å². The second-order valence-electron chi connectivity index (χ2n) is 7.36. The number of carbonyl (C=O) groups excluding carboxylic acids is 3. The lowest BCUT2D eigenvalue weighted by Crippen LogP contribution is -2.43. The molecule has 0 saturated carbocycles. The Balaban J connectivity index is 1.82. The Morgan fingerprint density at radius 2 is 1.52 bits per heavy atom. The lowest BCUT2D eigenvalue weighted by Gasteiger charge is -2.21. The van der Waals surface area contributed by atoms with Crippen LogP contribution in [0.4, 0.5) is 11.4 Å². The summed E-state index contributed by atoms with van der Waals surface area (Å²) in [4.78, 5) is 38.7. The molecule has 0 aliphatic rings. The molecule has 0 spiro atoms. The maximum atomic E-state index is 12.4. The van der Waals surface area contributed by atoms with E-state index in [1.807, 2.05) is 57.2 Å². The molecule has 0 aliphatic heterocycles. The zero-order chi connectivity index (χ0) is 22.8. The SMILES string of the molecule is CCCN(CC(=O)NCC(=O)Nc1ccc(Br)cc1C)CC(=O)Nc1ccccc1C. The van der Waals surface area contributed by atoms with Gasteiger partial charge in [0, 0.05) is 15.8 Å². The van der Waals surface area contributed by atoms with E-state index in [1.54, 1.807) is 11.0 Å². The molecule has 31 heavy (non-hydrogen) atoms. The highest BCUT2D eigenvalue weighted by Gasteiger charge is 2.15. The second-order valence-corrected chi connectivity index (χ2v) is 8.27. The molecular formula is C23H29BrN4O3. The number of amides is 3. The highest BCUT2D eigenvalue weighted by atomic mass is 79.9. The number of aryl methyl sites for hydroxylation is 2. The maximum absolute atomic E-state index is 12.4. The molecule has 0 heterocycles. The fourth-order valence-corrected chi connectivity index (χ4v) is 3.51. The van der Waals surface area contributed by atoms with Crippen LogP contribution in [0, 0.1) is 13.8 Å². The molecule has 0 aromatic heterocycles. The van der Waals surface area contributed by atoms with Crippen LogP contribution in [0.3, 0.4) is 0 Å². The molecule has 7 nitrogen and oxygen atoms in total. The van der Waals surface area contributed by atoms with E-state index in [2.05, 4.69) is 31.9 Å². The van der Waals surface area contributed by atoms with Crippen molar-refractivity contribution in [2.75, 3.05) is 36.8 Å². The number of para-hydroxylation sites is 1. The van der Waals surface area contributed by atoms with Crippen molar-refractivity contribution in [2.45, 2.75) is 27.2 Å². The van der Waals surface area contributed by atoms with E-state index < -0.39 is 0 Å². The van der Waals surface area contributed by atoms with Gasteiger partial charge < -0.3 is 16.0 Å². The average molecular weight is 489 g/mol. The third kappa shape index (κ3) is 8.51. The van der Waals surface area contributed by atoms with Crippen molar-refractivity contribution in [3.8, 4) is 0 Å². The Morgan fingerprint density at radius 1 is 0.871 bits per heavy atom. The van der Waals surface area contributed by atoms with Crippen molar-refractivity contribution < 1.29 is 14.4 Å². The molecule has 2 aromatic carbocycles. The van der Waals surface area contributed by atoms with Gasteiger partial charge in [0.2, 0.25) is 17.7 Å². The minimum Gasteiger partial charge on any atom is -0.346 e. The van der Waals surface area contributed by atoms with Crippen LogP contribution in [0.15, 0.2) is 46.9 Å². The number of nitrogens with one attached hydrogen (secondary N) is 3. The van der Waals surface area contributed by atoms with E-state index in [-0.39, 0.29) is 37.4 Å². The predicted octanol–water partition coefficient (Wildman–Crippen LogP) is 3.47. The van der Waals surface area contributed by atoms with Gasteiger partial charge >= 0.3 is 0 Å². The summed E-state index contributed by atoms with van der Waals surface area (Å²) in [6, 6.07) is 13.1.